The Balaban J connectivity index is 1.58. The maximum atomic E-state index is 12.2. The van der Waals surface area contributed by atoms with Crippen LogP contribution in [0.25, 0.3) is 0 Å². The second kappa shape index (κ2) is 7.59. The molecule has 1 fully saturated rings. The van der Waals surface area contributed by atoms with E-state index in [1.54, 1.807) is 18.2 Å². The molecule has 134 valence electrons. The molecule has 2 N–H and O–H groups in total. The van der Waals surface area contributed by atoms with Crippen molar-refractivity contribution in [3.8, 4) is 0 Å². The van der Waals surface area contributed by atoms with E-state index in [1.807, 2.05) is 4.90 Å². The summed E-state index contributed by atoms with van der Waals surface area (Å²) in [6.45, 7) is 3.43. The van der Waals surface area contributed by atoms with Gasteiger partial charge in [0.15, 0.2) is 0 Å². The van der Waals surface area contributed by atoms with Crippen LogP contribution >= 0.6 is 23.2 Å². The molecular formula is C16H19Cl2N5O2. The number of benzene rings is 1. The van der Waals surface area contributed by atoms with Crippen molar-refractivity contribution in [2.75, 3.05) is 38.5 Å². The lowest BCUT2D eigenvalue weighted by Crippen LogP contribution is -2.50. The number of amides is 2. The van der Waals surface area contributed by atoms with Gasteiger partial charge in [-0.1, -0.05) is 23.2 Å². The van der Waals surface area contributed by atoms with Gasteiger partial charge in [-0.15, -0.1) is 0 Å². The van der Waals surface area contributed by atoms with Crippen molar-refractivity contribution in [3.63, 3.8) is 0 Å². The summed E-state index contributed by atoms with van der Waals surface area (Å²) >= 11 is 11.8. The first kappa shape index (κ1) is 18.0. The fourth-order valence-corrected chi connectivity index (χ4v) is 3.01. The third-order valence-electron chi connectivity index (χ3n) is 4.20. The van der Waals surface area contributed by atoms with E-state index in [1.165, 1.54) is 0 Å². The van der Waals surface area contributed by atoms with E-state index >= 15 is 0 Å². The van der Waals surface area contributed by atoms with Crippen molar-refractivity contribution < 1.29 is 9.59 Å². The van der Waals surface area contributed by atoms with Gasteiger partial charge in [-0.05, 0) is 25.2 Å². The first-order valence-electron chi connectivity index (χ1n) is 7.99. The molecule has 0 spiro atoms. The number of hydrogen-bond donors (Lipinski definition) is 2. The Labute approximate surface area is 156 Å². The number of guanidine groups is 1. The highest BCUT2D eigenvalue weighted by Gasteiger charge is 2.31. The first-order valence-corrected chi connectivity index (χ1v) is 8.75. The van der Waals surface area contributed by atoms with E-state index in [-0.39, 0.29) is 18.2 Å². The normalized spacial score (nSPS) is 21.1. The van der Waals surface area contributed by atoms with E-state index < -0.39 is 6.04 Å². The molecule has 0 radical (unpaired) electrons. The van der Waals surface area contributed by atoms with Crippen molar-refractivity contribution in [1.29, 1.82) is 0 Å². The quantitative estimate of drug-likeness (QED) is 0.827. The van der Waals surface area contributed by atoms with Gasteiger partial charge in [-0.2, -0.15) is 0 Å². The zero-order valence-electron chi connectivity index (χ0n) is 13.8. The molecule has 1 aromatic carbocycles. The number of anilines is 1. The minimum absolute atomic E-state index is 0.0245. The van der Waals surface area contributed by atoms with Crippen molar-refractivity contribution in [3.05, 3.63) is 28.2 Å². The predicted molar refractivity (Wildman–Crippen MR) is 98.1 cm³/mol. The second-order valence-electron chi connectivity index (χ2n) is 6.13. The highest BCUT2D eigenvalue weighted by Crippen LogP contribution is 2.25. The van der Waals surface area contributed by atoms with E-state index in [4.69, 9.17) is 23.2 Å². The molecule has 2 heterocycles. The van der Waals surface area contributed by atoms with Gasteiger partial charge in [0.2, 0.25) is 11.9 Å². The van der Waals surface area contributed by atoms with Crippen LogP contribution < -0.4 is 10.6 Å². The van der Waals surface area contributed by atoms with Crippen LogP contribution in [-0.2, 0) is 9.59 Å². The average Bonchev–Trinajstić information content (AvgIpc) is 2.92. The van der Waals surface area contributed by atoms with Crippen molar-refractivity contribution in [2.45, 2.75) is 12.5 Å². The predicted octanol–water partition coefficient (Wildman–Crippen LogP) is 1.42. The standard InChI is InChI=1S/C16H19Cl2N5O2/c1-22-4-6-23(7-5-22)16-20-13(15(25)21-16)9-14(24)19-10-2-3-11(17)12(18)8-10/h2-3,8,13H,4-7,9H2,1H3,(H,19,24)(H,20,21,25)/t13-/m1/s1. The van der Waals surface area contributed by atoms with Crippen molar-refractivity contribution in [2.24, 2.45) is 4.99 Å². The number of rotatable bonds is 3. The monoisotopic (exact) mass is 383 g/mol. The molecule has 3 rings (SSSR count). The lowest BCUT2D eigenvalue weighted by Gasteiger charge is -2.33. The van der Waals surface area contributed by atoms with Gasteiger partial charge in [-0.25, -0.2) is 4.99 Å². The summed E-state index contributed by atoms with van der Waals surface area (Å²) in [5.74, 6) is 0.00516. The number of hydrogen-bond acceptors (Lipinski definition) is 5. The molecule has 1 atom stereocenters. The summed E-state index contributed by atoms with van der Waals surface area (Å²) in [7, 11) is 2.06. The summed E-state index contributed by atoms with van der Waals surface area (Å²) in [6.07, 6.45) is -0.0245. The molecule has 2 aliphatic heterocycles. The molecule has 9 heteroatoms. The molecule has 0 aliphatic carbocycles. The molecule has 0 bridgehead atoms. The van der Waals surface area contributed by atoms with Gasteiger partial charge >= 0.3 is 0 Å². The maximum absolute atomic E-state index is 12.2. The average molecular weight is 384 g/mol. The van der Waals surface area contributed by atoms with Gasteiger partial charge in [0.05, 0.1) is 16.5 Å². The van der Waals surface area contributed by atoms with Crippen molar-refractivity contribution in [1.82, 2.24) is 15.1 Å². The molecular weight excluding hydrogens is 365 g/mol. The van der Waals surface area contributed by atoms with Gasteiger partial charge in [-0.3, -0.25) is 14.9 Å². The SMILES string of the molecule is CN1CCN(C2=N[C@H](CC(=O)Nc3ccc(Cl)c(Cl)c3)C(=O)N2)CC1. The second-order valence-corrected chi connectivity index (χ2v) is 6.94. The van der Waals surface area contributed by atoms with Crippen LogP contribution in [0.1, 0.15) is 6.42 Å². The molecule has 7 nitrogen and oxygen atoms in total. The molecule has 0 aromatic heterocycles. The van der Waals surface area contributed by atoms with Gasteiger partial charge in [0.25, 0.3) is 5.91 Å². The number of nitrogens with zero attached hydrogens (tertiary/aromatic N) is 3. The lowest BCUT2D eigenvalue weighted by molar-refractivity contribution is -0.124. The Hall–Kier alpha value is -1.83. The highest BCUT2D eigenvalue weighted by atomic mass is 35.5. The third-order valence-corrected chi connectivity index (χ3v) is 4.94. The van der Waals surface area contributed by atoms with Gasteiger partial charge in [0, 0.05) is 31.9 Å². The van der Waals surface area contributed by atoms with E-state index in [9.17, 15) is 9.59 Å². The van der Waals surface area contributed by atoms with E-state index in [2.05, 4.69) is 27.6 Å². The molecule has 1 saturated heterocycles. The Morgan fingerprint density at radius 1 is 1.28 bits per heavy atom. The van der Waals surface area contributed by atoms with Crippen LogP contribution in [0.4, 0.5) is 5.69 Å². The number of carbonyl (C=O) groups excluding carboxylic acids is 2. The Kier molecular flexibility index (Phi) is 5.46. The smallest absolute Gasteiger partial charge is 0.252 e. The largest absolute Gasteiger partial charge is 0.340 e. The molecule has 0 unspecified atom stereocenters. The summed E-state index contributed by atoms with van der Waals surface area (Å²) in [5.41, 5.74) is 0.529. The topological polar surface area (TPSA) is 77.0 Å². The third kappa shape index (κ3) is 4.42. The van der Waals surface area contributed by atoms with Crippen LogP contribution in [0.15, 0.2) is 23.2 Å². The van der Waals surface area contributed by atoms with Crippen molar-refractivity contribution >= 4 is 46.7 Å². The Morgan fingerprint density at radius 2 is 2.00 bits per heavy atom. The number of nitrogens with one attached hydrogen (secondary N) is 2. The molecule has 2 amide bonds. The number of carbonyl (C=O) groups is 2. The van der Waals surface area contributed by atoms with Gasteiger partial charge < -0.3 is 15.1 Å². The summed E-state index contributed by atoms with van der Waals surface area (Å²) in [5, 5.41) is 6.25. The van der Waals surface area contributed by atoms with Crippen LogP contribution in [0, 0.1) is 0 Å². The van der Waals surface area contributed by atoms with E-state index in [0.29, 0.717) is 21.7 Å². The van der Waals surface area contributed by atoms with E-state index in [0.717, 1.165) is 26.2 Å². The highest BCUT2D eigenvalue weighted by molar-refractivity contribution is 6.42. The zero-order valence-corrected chi connectivity index (χ0v) is 15.3. The maximum Gasteiger partial charge on any atom is 0.252 e. The zero-order chi connectivity index (χ0) is 18.0. The van der Waals surface area contributed by atoms with Crippen LogP contribution in [0.5, 0.6) is 0 Å². The number of aliphatic imine (C=N–C) groups is 1. The molecule has 2 aliphatic rings. The number of piperazine rings is 1. The Morgan fingerprint density at radius 3 is 2.68 bits per heavy atom. The van der Waals surface area contributed by atoms with Crippen LogP contribution in [0.2, 0.25) is 10.0 Å². The fourth-order valence-electron chi connectivity index (χ4n) is 2.71. The van der Waals surface area contributed by atoms with Gasteiger partial charge in [0.1, 0.15) is 6.04 Å². The molecule has 25 heavy (non-hydrogen) atoms. The molecule has 1 aromatic rings. The van der Waals surface area contributed by atoms with Crippen LogP contribution in [0.3, 0.4) is 0 Å². The number of halogens is 2. The number of likely N-dealkylation sites (N-methyl/N-ethyl adjacent to an activating group) is 1. The molecule has 0 saturated carbocycles. The van der Waals surface area contributed by atoms with Crippen LogP contribution in [-0.4, -0.2) is 66.8 Å². The minimum Gasteiger partial charge on any atom is -0.340 e. The summed E-state index contributed by atoms with van der Waals surface area (Å²) < 4.78 is 0. The lowest BCUT2D eigenvalue weighted by atomic mass is 10.2. The minimum atomic E-state index is -0.711. The summed E-state index contributed by atoms with van der Waals surface area (Å²) in [6, 6.07) is 4.11. The Bertz CT molecular complexity index is 716. The fraction of sp³-hybridized carbons (Fsp3) is 0.438. The summed E-state index contributed by atoms with van der Waals surface area (Å²) in [4.78, 5) is 32.9. The first-order chi connectivity index (χ1) is 11.9.